The van der Waals surface area contributed by atoms with Crippen molar-refractivity contribution in [3.05, 3.63) is 28.8 Å². The maximum Gasteiger partial charge on any atom is 0.417 e. The first-order chi connectivity index (χ1) is 10.4. The van der Waals surface area contributed by atoms with Gasteiger partial charge in [-0.3, -0.25) is 3.97 Å². The average Bonchev–Trinajstić information content (AvgIpc) is 3.05. The number of hydrogen-bond donors (Lipinski definition) is 0. The standard InChI is InChI=1S/C13H11ClF3IN2S2/c14-12-8-7-11(21-19-5-1-2-6-19)20(22-18)10(8)4-3-9(12)13(15,16)17/h3-4,7H,1-2,5-6H2. The van der Waals surface area contributed by atoms with Crippen LogP contribution in [0.4, 0.5) is 13.2 Å². The summed E-state index contributed by atoms with van der Waals surface area (Å²) >= 11 is 9.73. The summed E-state index contributed by atoms with van der Waals surface area (Å²) in [6.07, 6.45) is -2.12. The quantitative estimate of drug-likeness (QED) is 0.380. The number of alkyl halides is 3. The van der Waals surface area contributed by atoms with Crippen molar-refractivity contribution >= 4 is 64.8 Å². The Labute approximate surface area is 151 Å². The van der Waals surface area contributed by atoms with Gasteiger partial charge in [-0.05, 0) is 43.0 Å². The number of nitrogens with zero attached hydrogens (tertiary/aromatic N) is 2. The molecule has 2 nitrogen and oxygen atoms in total. The van der Waals surface area contributed by atoms with Crippen molar-refractivity contribution in [1.29, 1.82) is 0 Å². The third kappa shape index (κ3) is 3.22. The monoisotopic (exact) mass is 478 g/mol. The third-order valence-electron chi connectivity index (χ3n) is 3.51. The van der Waals surface area contributed by atoms with Gasteiger partial charge in [0, 0.05) is 48.8 Å². The van der Waals surface area contributed by atoms with E-state index < -0.39 is 11.7 Å². The molecule has 3 rings (SSSR count). The molecule has 0 bridgehead atoms. The number of rotatable bonds is 3. The molecule has 120 valence electrons. The normalized spacial score (nSPS) is 16.8. The lowest BCUT2D eigenvalue weighted by Crippen LogP contribution is -2.09. The molecule has 2 heterocycles. The highest BCUT2D eigenvalue weighted by atomic mass is 127. The van der Waals surface area contributed by atoms with E-state index in [1.165, 1.54) is 15.2 Å². The van der Waals surface area contributed by atoms with Crippen LogP contribution in [0, 0.1) is 0 Å². The maximum atomic E-state index is 13.0. The van der Waals surface area contributed by atoms with E-state index in [2.05, 4.69) is 25.5 Å². The van der Waals surface area contributed by atoms with Crippen LogP contribution in [0.25, 0.3) is 10.9 Å². The molecule has 1 fully saturated rings. The first-order valence-electron chi connectivity index (χ1n) is 6.55. The summed E-state index contributed by atoms with van der Waals surface area (Å²) in [6.45, 7) is 2.00. The van der Waals surface area contributed by atoms with E-state index in [-0.39, 0.29) is 5.02 Å². The van der Waals surface area contributed by atoms with E-state index in [0.717, 1.165) is 37.0 Å². The second-order valence-electron chi connectivity index (χ2n) is 4.93. The predicted octanol–water partition coefficient (Wildman–Crippen LogP) is 6.26. The topological polar surface area (TPSA) is 8.17 Å². The number of halogens is 5. The molecule has 0 atom stereocenters. The smallest absolute Gasteiger partial charge is 0.268 e. The lowest BCUT2D eigenvalue weighted by atomic mass is 10.1. The van der Waals surface area contributed by atoms with Crippen LogP contribution in [0.3, 0.4) is 0 Å². The molecular formula is C13H11ClF3IN2S2. The van der Waals surface area contributed by atoms with Gasteiger partial charge in [-0.1, -0.05) is 11.6 Å². The minimum atomic E-state index is -4.44. The molecule has 1 aliphatic rings. The fourth-order valence-corrected chi connectivity index (χ4v) is 6.07. The molecule has 0 N–H and O–H groups in total. The number of benzene rings is 1. The molecule has 0 radical (unpaired) electrons. The van der Waals surface area contributed by atoms with Crippen LogP contribution >= 0.6 is 53.9 Å². The summed E-state index contributed by atoms with van der Waals surface area (Å²) in [7, 11) is 1.44. The van der Waals surface area contributed by atoms with Crippen LogP contribution < -0.4 is 0 Å². The minimum Gasteiger partial charge on any atom is -0.268 e. The second-order valence-corrected chi connectivity index (χ2v) is 8.11. The van der Waals surface area contributed by atoms with Gasteiger partial charge < -0.3 is 0 Å². The van der Waals surface area contributed by atoms with Gasteiger partial charge >= 0.3 is 6.18 Å². The van der Waals surface area contributed by atoms with Crippen molar-refractivity contribution in [2.75, 3.05) is 13.1 Å². The zero-order valence-electron chi connectivity index (χ0n) is 11.2. The molecule has 0 spiro atoms. The van der Waals surface area contributed by atoms with E-state index in [0.29, 0.717) is 10.9 Å². The van der Waals surface area contributed by atoms with Crippen LogP contribution in [0.2, 0.25) is 5.02 Å². The van der Waals surface area contributed by atoms with Crippen LogP contribution in [0.5, 0.6) is 0 Å². The van der Waals surface area contributed by atoms with Crippen LogP contribution in [0.15, 0.2) is 23.2 Å². The Morgan fingerprint density at radius 1 is 1.18 bits per heavy atom. The SMILES string of the molecule is FC(F)(F)c1ccc2c(cc(SN3CCCC3)n2SI)c1Cl. The fourth-order valence-electron chi connectivity index (χ4n) is 2.46. The molecule has 1 aliphatic heterocycles. The van der Waals surface area contributed by atoms with Gasteiger partial charge in [0.05, 0.1) is 16.1 Å². The Morgan fingerprint density at radius 3 is 2.45 bits per heavy atom. The van der Waals surface area contributed by atoms with Crippen molar-refractivity contribution in [3.63, 3.8) is 0 Å². The maximum absolute atomic E-state index is 13.0. The van der Waals surface area contributed by atoms with Crippen molar-refractivity contribution in [2.45, 2.75) is 24.0 Å². The molecule has 2 aromatic rings. The van der Waals surface area contributed by atoms with Gasteiger partial charge in [0.1, 0.15) is 5.03 Å². The molecule has 0 saturated carbocycles. The van der Waals surface area contributed by atoms with E-state index in [9.17, 15) is 13.2 Å². The Kier molecular flexibility index (Phi) is 5.13. The van der Waals surface area contributed by atoms with Gasteiger partial charge in [0.2, 0.25) is 0 Å². The van der Waals surface area contributed by atoms with E-state index in [4.69, 9.17) is 11.6 Å². The lowest BCUT2D eigenvalue weighted by molar-refractivity contribution is -0.137. The zero-order chi connectivity index (χ0) is 15.9. The summed E-state index contributed by atoms with van der Waals surface area (Å²) in [6, 6.07) is 4.30. The van der Waals surface area contributed by atoms with Gasteiger partial charge in [0.15, 0.2) is 0 Å². The largest absolute Gasteiger partial charge is 0.417 e. The van der Waals surface area contributed by atoms with Gasteiger partial charge in [-0.25, -0.2) is 4.31 Å². The summed E-state index contributed by atoms with van der Waals surface area (Å²) in [5.41, 5.74) is -0.0749. The van der Waals surface area contributed by atoms with Gasteiger partial charge in [0.25, 0.3) is 0 Å². The van der Waals surface area contributed by atoms with Crippen LogP contribution in [-0.2, 0) is 6.18 Å². The fraction of sp³-hybridized carbons (Fsp3) is 0.385. The second kappa shape index (κ2) is 6.62. The minimum absolute atomic E-state index is 0.225. The molecule has 1 saturated heterocycles. The molecule has 1 aromatic carbocycles. The summed E-state index contributed by atoms with van der Waals surface area (Å²) in [5.74, 6) is 0. The Balaban J connectivity index is 2.08. The van der Waals surface area contributed by atoms with E-state index >= 15 is 0 Å². The van der Waals surface area contributed by atoms with Gasteiger partial charge in [-0.2, -0.15) is 13.2 Å². The zero-order valence-corrected chi connectivity index (χ0v) is 15.7. The van der Waals surface area contributed by atoms with E-state index in [1.54, 1.807) is 18.0 Å². The first-order valence-corrected chi connectivity index (χ1v) is 11.0. The highest BCUT2D eigenvalue weighted by Gasteiger charge is 2.34. The number of fused-ring (bicyclic) bond motifs is 1. The summed E-state index contributed by atoms with van der Waals surface area (Å²) < 4.78 is 43.1. The molecule has 22 heavy (non-hydrogen) atoms. The molecule has 0 amide bonds. The highest BCUT2D eigenvalue weighted by molar-refractivity contribution is 14.2. The lowest BCUT2D eigenvalue weighted by Gasteiger charge is -2.13. The number of hydrogen-bond acceptors (Lipinski definition) is 3. The molecular weight excluding hydrogens is 468 g/mol. The van der Waals surface area contributed by atoms with Crippen molar-refractivity contribution in [3.8, 4) is 0 Å². The van der Waals surface area contributed by atoms with Crippen molar-refractivity contribution < 1.29 is 13.2 Å². The van der Waals surface area contributed by atoms with Crippen LogP contribution in [-0.4, -0.2) is 21.4 Å². The summed E-state index contributed by atoms with van der Waals surface area (Å²) in [5, 5.41) is 1.12. The van der Waals surface area contributed by atoms with E-state index in [1.807, 2.05) is 3.97 Å². The van der Waals surface area contributed by atoms with Crippen molar-refractivity contribution in [1.82, 2.24) is 8.28 Å². The molecule has 0 unspecified atom stereocenters. The average molecular weight is 479 g/mol. The molecule has 0 aliphatic carbocycles. The molecule has 1 aromatic heterocycles. The van der Waals surface area contributed by atoms with Crippen LogP contribution in [0.1, 0.15) is 18.4 Å². The third-order valence-corrected chi connectivity index (χ3v) is 6.85. The molecule has 9 heteroatoms. The highest BCUT2D eigenvalue weighted by Crippen LogP contribution is 2.43. The Bertz CT molecular complexity index is 699. The number of aromatic nitrogens is 1. The first kappa shape index (κ1) is 17.1. The van der Waals surface area contributed by atoms with Gasteiger partial charge in [-0.15, -0.1) is 0 Å². The summed E-state index contributed by atoms with van der Waals surface area (Å²) in [4.78, 5) is 0. The Hall–Kier alpha value is 0.230. The Morgan fingerprint density at radius 2 is 1.86 bits per heavy atom. The predicted molar refractivity (Wildman–Crippen MR) is 95.6 cm³/mol. The van der Waals surface area contributed by atoms with Crippen molar-refractivity contribution in [2.24, 2.45) is 0 Å².